The van der Waals surface area contributed by atoms with Gasteiger partial charge in [-0.15, -0.1) is 0 Å². The zero-order valence-electron chi connectivity index (χ0n) is 14.8. The van der Waals surface area contributed by atoms with Gasteiger partial charge in [0.15, 0.2) is 5.96 Å². The van der Waals surface area contributed by atoms with Crippen molar-refractivity contribution >= 4 is 5.96 Å². The van der Waals surface area contributed by atoms with Gasteiger partial charge in [0.2, 0.25) is 0 Å². The molecule has 0 saturated carbocycles. The van der Waals surface area contributed by atoms with Crippen LogP contribution < -0.4 is 5.32 Å². The van der Waals surface area contributed by atoms with Crippen molar-refractivity contribution in [3.63, 3.8) is 0 Å². The predicted octanol–water partition coefficient (Wildman–Crippen LogP) is 1.55. The van der Waals surface area contributed by atoms with Crippen LogP contribution in [0.1, 0.15) is 24.9 Å². The zero-order chi connectivity index (χ0) is 16.9. The van der Waals surface area contributed by atoms with Crippen molar-refractivity contribution in [3.8, 4) is 0 Å². The van der Waals surface area contributed by atoms with Crippen LogP contribution in [0.15, 0.2) is 36.1 Å². The summed E-state index contributed by atoms with van der Waals surface area (Å²) in [5.74, 6) is 1.61. The second-order valence-corrected chi connectivity index (χ2v) is 6.54. The number of aliphatic imine (C=N–C) groups is 1. The van der Waals surface area contributed by atoms with E-state index in [0.717, 1.165) is 38.6 Å². The molecule has 3 rings (SSSR count). The lowest BCUT2D eigenvalue weighted by Crippen LogP contribution is -2.49. The Morgan fingerprint density at radius 3 is 3.00 bits per heavy atom. The van der Waals surface area contributed by atoms with Gasteiger partial charge in [-0.2, -0.15) is 5.10 Å². The van der Waals surface area contributed by atoms with E-state index in [1.54, 1.807) is 0 Å². The standard InChI is InChI=1S/C17H27N7/c1-14-10-21-24(11-14)9-6-20-17(18-3)22-7-4-15(2)16(12-22)23-8-5-19-13-23/h5,8,10-11,13,15-16H,4,6-7,9,12H2,1-3H3,(H,18,20). The summed E-state index contributed by atoms with van der Waals surface area (Å²) in [6.07, 6.45) is 10.9. The number of hydrogen-bond donors (Lipinski definition) is 1. The summed E-state index contributed by atoms with van der Waals surface area (Å²) in [4.78, 5) is 11.0. The number of piperidine rings is 1. The number of aryl methyl sites for hydroxylation is 1. The maximum atomic E-state index is 4.47. The minimum absolute atomic E-state index is 0.438. The van der Waals surface area contributed by atoms with Crippen LogP contribution in [-0.4, -0.2) is 56.9 Å². The second kappa shape index (κ2) is 7.51. The van der Waals surface area contributed by atoms with E-state index in [1.165, 1.54) is 5.56 Å². The summed E-state index contributed by atoms with van der Waals surface area (Å²) in [6, 6.07) is 0.438. The lowest BCUT2D eigenvalue weighted by atomic mass is 9.93. The summed E-state index contributed by atoms with van der Waals surface area (Å²) in [6.45, 7) is 8.02. The quantitative estimate of drug-likeness (QED) is 0.683. The van der Waals surface area contributed by atoms with E-state index >= 15 is 0 Å². The molecular weight excluding hydrogens is 302 g/mol. The Labute approximate surface area is 143 Å². The van der Waals surface area contributed by atoms with Crippen LogP contribution in [0, 0.1) is 12.8 Å². The Kier molecular flexibility index (Phi) is 5.17. The Morgan fingerprint density at radius 2 is 2.33 bits per heavy atom. The molecule has 7 nitrogen and oxygen atoms in total. The van der Waals surface area contributed by atoms with Gasteiger partial charge in [-0.25, -0.2) is 4.98 Å². The van der Waals surface area contributed by atoms with Gasteiger partial charge in [0.25, 0.3) is 0 Å². The zero-order valence-corrected chi connectivity index (χ0v) is 14.8. The third-order valence-electron chi connectivity index (χ3n) is 4.72. The highest BCUT2D eigenvalue weighted by molar-refractivity contribution is 5.80. The summed E-state index contributed by atoms with van der Waals surface area (Å²) in [5.41, 5.74) is 1.19. The number of rotatable bonds is 4. The average molecular weight is 329 g/mol. The van der Waals surface area contributed by atoms with Crippen LogP contribution in [0.2, 0.25) is 0 Å². The lowest BCUT2D eigenvalue weighted by Gasteiger charge is -2.39. The normalized spacial score (nSPS) is 22.0. The first-order valence-corrected chi connectivity index (χ1v) is 8.59. The van der Waals surface area contributed by atoms with Crippen LogP contribution >= 0.6 is 0 Å². The van der Waals surface area contributed by atoms with Gasteiger partial charge in [0.1, 0.15) is 0 Å². The molecule has 1 fully saturated rings. The fourth-order valence-electron chi connectivity index (χ4n) is 3.30. The number of nitrogens with one attached hydrogen (secondary N) is 1. The molecule has 2 unspecified atom stereocenters. The average Bonchev–Trinajstić information content (AvgIpc) is 3.24. The number of aromatic nitrogens is 4. The van der Waals surface area contributed by atoms with E-state index in [9.17, 15) is 0 Å². The molecule has 0 aliphatic carbocycles. The molecule has 1 aliphatic heterocycles. The highest BCUT2D eigenvalue weighted by Gasteiger charge is 2.28. The molecule has 0 spiro atoms. The first-order chi connectivity index (χ1) is 11.7. The molecular formula is C17H27N7. The molecule has 2 aromatic rings. The Morgan fingerprint density at radius 1 is 1.46 bits per heavy atom. The minimum atomic E-state index is 0.438. The summed E-state index contributed by atoms with van der Waals surface area (Å²) >= 11 is 0. The Bertz CT molecular complexity index is 658. The van der Waals surface area contributed by atoms with Crippen molar-refractivity contribution in [2.24, 2.45) is 10.9 Å². The molecule has 0 bridgehead atoms. The monoisotopic (exact) mass is 329 g/mol. The topological polar surface area (TPSA) is 63.3 Å². The van der Waals surface area contributed by atoms with Gasteiger partial charge >= 0.3 is 0 Å². The second-order valence-electron chi connectivity index (χ2n) is 6.54. The highest BCUT2D eigenvalue weighted by atomic mass is 15.3. The van der Waals surface area contributed by atoms with E-state index < -0.39 is 0 Å². The number of guanidine groups is 1. The molecule has 130 valence electrons. The van der Waals surface area contributed by atoms with E-state index in [0.29, 0.717) is 12.0 Å². The summed E-state index contributed by atoms with van der Waals surface area (Å²) in [7, 11) is 1.85. The molecule has 2 aromatic heterocycles. The van der Waals surface area contributed by atoms with Crippen LogP contribution in [-0.2, 0) is 6.54 Å². The first kappa shape index (κ1) is 16.5. The fraction of sp³-hybridized carbons (Fsp3) is 0.588. The van der Waals surface area contributed by atoms with Gasteiger partial charge in [-0.3, -0.25) is 9.67 Å². The Balaban J connectivity index is 1.57. The largest absolute Gasteiger partial charge is 0.354 e. The van der Waals surface area contributed by atoms with Crippen LogP contribution in [0.5, 0.6) is 0 Å². The summed E-state index contributed by atoms with van der Waals surface area (Å²) in [5, 5.41) is 7.79. The molecule has 1 aliphatic rings. The molecule has 2 atom stereocenters. The van der Waals surface area contributed by atoms with Gasteiger partial charge in [-0.05, 0) is 24.8 Å². The van der Waals surface area contributed by atoms with Crippen molar-refractivity contribution in [1.82, 2.24) is 29.5 Å². The molecule has 1 N–H and O–H groups in total. The number of likely N-dealkylation sites (tertiary alicyclic amines) is 1. The van der Waals surface area contributed by atoms with Crippen molar-refractivity contribution < 1.29 is 0 Å². The van der Waals surface area contributed by atoms with E-state index in [1.807, 2.05) is 30.5 Å². The van der Waals surface area contributed by atoms with Crippen LogP contribution in [0.3, 0.4) is 0 Å². The van der Waals surface area contributed by atoms with Crippen LogP contribution in [0.25, 0.3) is 0 Å². The van der Waals surface area contributed by atoms with Gasteiger partial charge in [0.05, 0.1) is 25.1 Å². The molecule has 24 heavy (non-hydrogen) atoms. The smallest absolute Gasteiger partial charge is 0.193 e. The van der Waals surface area contributed by atoms with E-state index in [4.69, 9.17) is 0 Å². The molecule has 0 aromatic carbocycles. The molecule has 0 radical (unpaired) electrons. The number of imidazole rings is 1. The summed E-state index contributed by atoms with van der Waals surface area (Å²) < 4.78 is 4.18. The number of hydrogen-bond acceptors (Lipinski definition) is 3. The molecule has 7 heteroatoms. The third-order valence-corrected chi connectivity index (χ3v) is 4.72. The SMILES string of the molecule is CN=C(NCCn1cc(C)cn1)N1CCC(C)C(n2ccnc2)C1. The van der Waals surface area contributed by atoms with Crippen molar-refractivity contribution in [2.45, 2.75) is 32.9 Å². The predicted molar refractivity (Wildman–Crippen MR) is 94.9 cm³/mol. The van der Waals surface area contributed by atoms with Crippen molar-refractivity contribution in [2.75, 3.05) is 26.7 Å². The van der Waals surface area contributed by atoms with Crippen LogP contribution in [0.4, 0.5) is 0 Å². The Hall–Kier alpha value is -2.31. The van der Waals surface area contributed by atoms with Gasteiger partial charge < -0.3 is 14.8 Å². The maximum Gasteiger partial charge on any atom is 0.193 e. The van der Waals surface area contributed by atoms with Crippen molar-refractivity contribution in [1.29, 1.82) is 0 Å². The molecule has 3 heterocycles. The highest BCUT2D eigenvalue weighted by Crippen LogP contribution is 2.27. The van der Waals surface area contributed by atoms with Crippen molar-refractivity contribution in [3.05, 3.63) is 36.7 Å². The van der Waals surface area contributed by atoms with E-state index in [-0.39, 0.29) is 0 Å². The van der Waals surface area contributed by atoms with Gasteiger partial charge in [-0.1, -0.05) is 6.92 Å². The van der Waals surface area contributed by atoms with Gasteiger partial charge in [0, 0.05) is 45.3 Å². The minimum Gasteiger partial charge on any atom is -0.354 e. The molecule has 1 saturated heterocycles. The van der Waals surface area contributed by atoms with E-state index in [2.05, 4.69) is 56.1 Å². The lowest BCUT2D eigenvalue weighted by molar-refractivity contribution is 0.189. The first-order valence-electron chi connectivity index (χ1n) is 8.59. The molecule has 0 amide bonds. The maximum absolute atomic E-state index is 4.47. The number of nitrogens with zero attached hydrogens (tertiary/aromatic N) is 6. The fourth-order valence-corrected chi connectivity index (χ4v) is 3.30. The third kappa shape index (κ3) is 3.77.